The van der Waals surface area contributed by atoms with Gasteiger partial charge in [-0.15, -0.1) is 0 Å². The molecule has 1 saturated heterocycles. The van der Waals surface area contributed by atoms with Crippen LogP contribution in [0.2, 0.25) is 0 Å². The lowest BCUT2D eigenvalue weighted by Crippen LogP contribution is -2.53. The highest BCUT2D eigenvalue weighted by Crippen LogP contribution is 2.26. The van der Waals surface area contributed by atoms with Gasteiger partial charge < -0.3 is 10.3 Å². The number of rotatable bonds is 10. The zero-order chi connectivity index (χ0) is 23.5. The van der Waals surface area contributed by atoms with E-state index in [1.54, 1.807) is 16.9 Å². The number of aromatic amines is 1. The molecule has 33 heavy (non-hydrogen) atoms. The number of pyridine rings is 1. The Kier molecular flexibility index (Phi) is 7.18. The van der Waals surface area contributed by atoms with Crippen molar-refractivity contribution in [1.29, 1.82) is 0 Å². The van der Waals surface area contributed by atoms with Crippen LogP contribution in [0.3, 0.4) is 0 Å². The average Bonchev–Trinajstić information content (AvgIpc) is 3.13. The molecule has 1 aliphatic heterocycles. The highest BCUT2D eigenvalue weighted by Gasteiger charge is 2.31. The number of aromatic nitrogens is 3. The number of hydrogen-bond donors (Lipinski definition) is 2. The van der Waals surface area contributed by atoms with Crippen LogP contribution in [0, 0.1) is 0 Å². The normalized spacial score (nSPS) is 16.8. The number of halogens is 3. The van der Waals surface area contributed by atoms with Gasteiger partial charge in [-0.25, -0.2) is 8.60 Å². The number of likely N-dealkylation sites (tertiary alicyclic amines) is 1. The lowest BCUT2D eigenvalue weighted by Gasteiger charge is -2.41. The largest absolute Gasteiger partial charge is 0.338 e. The topological polar surface area (TPSA) is 83.0 Å². The average molecular weight is 482 g/mol. The van der Waals surface area contributed by atoms with Gasteiger partial charge in [-0.05, 0) is 43.2 Å². The maximum absolute atomic E-state index is 13.3. The third-order valence-electron chi connectivity index (χ3n) is 5.86. The molecule has 0 radical (unpaired) electrons. The van der Waals surface area contributed by atoms with E-state index >= 15 is 0 Å². The molecule has 3 aromatic rings. The second-order valence-corrected chi connectivity index (χ2v) is 9.55. The molecule has 7 nitrogen and oxygen atoms in total. The number of nitrogens with one attached hydrogen (secondary N) is 2. The highest BCUT2D eigenvalue weighted by molar-refractivity contribution is 7.85. The van der Waals surface area contributed by atoms with Crippen LogP contribution in [0.4, 0.5) is 24.7 Å². The first-order valence-electron chi connectivity index (χ1n) is 10.9. The molecule has 0 amide bonds. The second-order valence-electron chi connectivity index (χ2n) is 8.13. The zero-order valence-electron chi connectivity index (χ0n) is 18.1. The van der Waals surface area contributed by atoms with Gasteiger partial charge in [0, 0.05) is 42.5 Å². The van der Waals surface area contributed by atoms with Crippen LogP contribution in [0.15, 0.2) is 46.2 Å². The van der Waals surface area contributed by atoms with E-state index in [0.717, 1.165) is 19.3 Å². The van der Waals surface area contributed by atoms with Gasteiger partial charge in [0.1, 0.15) is 22.4 Å². The van der Waals surface area contributed by atoms with E-state index in [1.807, 2.05) is 0 Å². The Labute approximate surface area is 191 Å². The summed E-state index contributed by atoms with van der Waals surface area (Å²) in [6, 6.07) is 7.78. The summed E-state index contributed by atoms with van der Waals surface area (Å²) >= 11 is 0. The minimum absolute atomic E-state index is 0.0206. The molecule has 2 unspecified atom stereocenters. The first kappa shape index (κ1) is 23.5. The first-order chi connectivity index (χ1) is 15.9. The van der Waals surface area contributed by atoms with Gasteiger partial charge >= 0.3 is 5.76 Å². The molecule has 178 valence electrons. The molecule has 11 heteroatoms. The summed E-state index contributed by atoms with van der Waals surface area (Å²) in [7, 11) is -2.39. The minimum Gasteiger partial charge on any atom is -0.338 e. The van der Waals surface area contributed by atoms with Crippen molar-refractivity contribution in [3.05, 3.63) is 46.9 Å². The van der Waals surface area contributed by atoms with Crippen LogP contribution >= 0.6 is 0 Å². The van der Waals surface area contributed by atoms with Crippen molar-refractivity contribution in [2.24, 2.45) is 0 Å². The molecule has 0 spiro atoms. The minimum atomic E-state index is -2.95. The zero-order valence-corrected chi connectivity index (χ0v) is 19.0. The number of H-pyrrole nitrogens is 1. The number of anilines is 2. The third-order valence-corrected chi connectivity index (χ3v) is 6.92. The maximum Gasteiger partial charge on any atom is 0.316 e. The molecule has 4 rings (SSSR count). The Bertz CT molecular complexity index is 1170. The molecule has 2 aromatic heterocycles. The van der Waals surface area contributed by atoms with E-state index in [2.05, 4.69) is 27.2 Å². The Morgan fingerprint density at radius 2 is 1.94 bits per heavy atom. The SMILES string of the molecule is CCCC(CCn1nc(Nc2ccc(S(=O)C(F)F)cc2)c2c(=O)[nH]ccc21)N1CC(F)C1. The van der Waals surface area contributed by atoms with E-state index in [4.69, 9.17) is 0 Å². The fraction of sp³-hybridized carbons (Fsp3) is 0.455. The third kappa shape index (κ3) is 5.14. The molecule has 2 N–H and O–H groups in total. The Balaban J connectivity index is 1.56. The molecule has 0 bridgehead atoms. The predicted octanol–water partition coefficient (Wildman–Crippen LogP) is 4.01. The summed E-state index contributed by atoms with van der Waals surface area (Å²) in [5.74, 6) is -2.61. The van der Waals surface area contributed by atoms with Crippen molar-refractivity contribution >= 4 is 33.2 Å². The molecule has 2 atom stereocenters. The Morgan fingerprint density at radius 3 is 2.58 bits per heavy atom. The molecule has 1 fully saturated rings. The standard InChI is InChI=1S/C22H26F3N5O2S/c1-2-3-16(29-12-14(23)13-29)9-11-30-18-8-10-26-21(31)19(18)20(28-30)27-15-4-6-17(7-5-15)33(32)22(24)25/h4-8,10,14,16,22H,2-3,9,11-13H2,1H3,(H,26,31)(H,27,28). The van der Waals surface area contributed by atoms with Crippen molar-refractivity contribution in [2.45, 2.75) is 55.6 Å². The number of aryl methyl sites for hydroxylation is 1. The van der Waals surface area contributed by atoms with Crippen molar-refractivity contribution in [3.8, 4) is 0 Å². The van der Waals surface area contributed by atoms with Gasteiger partial charge in [-0.3, -0.25) is 14.4 Å². The molecular formula is C22H26F3N5O2S. The van der Waals surface area contributed by atoms with Crippen LogP contribution in [-0.4, -0.2) is 54.9 Å². The lowest BCUT2D eigenvalue weighted by atomic mass is 10.0. The first-order valence-corrected chi connectivity index (χ1v) is 12.1. The lowest BCUT2D eigenvalue weighted by molar-refractivity contribution is 0.0192. The second kappa shape index (κ2) is 10.1. The summed E-state index contributed by atoms with van der Waals surface area (Å²) < 4.78 is 52.0. The summed E-state index contributed by atoms with van der Waals surface area (Å²) in [5.41, 5.74) is 0.891. The smallest absolute Gasteiger partial charge is 0.316 e. The number of benzene rings is 1. The van der Waals surface area contributed by atoms with E-state index in [-0.39, 0.29) is 16.5 Å². The van der Waals surface area contributed by atoms with E-state index in [0.29, 0.717) is 42.0 Å². The Hall–Kier alpha value is -2.66. The van der Waals surface area contributed by atoms with Gasteiger partial charge in [0.15, 0.2) is 5.82 Å². The summed E-state index contributed by atoms with van der Waals surface area (Å²) in [4.78, 5) is 17.4. The molecule has 0 saturated carbocycles. The van der Waals surface area contributed by atoms with Crippen molar-refractivity contribution < 1.29 is 17.4 Å². The molecule has 0 aliphatic carbocycles. The molecule has 1 aromatic carbocycles. The quantitative estimate of drug-likeness (QED) is 0.457. The van der Waals surface area contributed by atoms with Gasteiger partial charge in [0.25, 0.3) is 5.56 Å². The number of nitrogens with zero attached hydrogens (tertiary/aromatic N) is 3. The summed E-state index contributed by atoms with van der Waals surface area (Å²) in [6.07, 6.45) is 3.54. The van der Waals surface area contributed by atoms with E-state index in [1.165, 1.54) is 24.3 Å². The maximum atomic E-state index is 13.3. The Morgan fingerprint density at radius 1 is 1.21 bits per heavy atom. The molecular weight excluding hydrogens is 455 g/mol. The van der Waals surface area contributed by atoms with Gasteiger partial charge in [0.05, 0.1) is 5.52 Å². The molecule has 3 heterocycles. The summed E-state index contributed by atoms with van der Waals surface area (Å²) in [5, 5.41) is 8.05. The van der Waals surface area contributed by atoms with Gasteiger partial charge in [-0.1, -0.05) is 13.3 Å². The highest BCUT2D eigenvalue weighted by atomic mass is 32.2. The fourth-order valence-electron chi connectivity index (χ4n) is 4.17. The van der Waals surface area contributed by atoms with Crippen LogP contribution in [0.1, 0.15) is 26.2 Å². The van der Waals surface area contributed by atoms with Crippen LogP contribution < -0.4 is 10.9 Å². The van der Waals surface area contributed by atoms with Crippen LogP contribution in [-0.2, 0) is 17.3 Å². The van der Waals surface area contributed by atoms with Crippen molar-refractivity contribution in [1.82, 2.24) is 19.7 Å². The predicted molar refractivity (Wildman–Crippen MR) is 122 cm³/mol. The van der Waals surface area contributed by atoms with Crippen molar-refractivity contribution in [2.75, 3.05) is 18.4 Å². The van der Waals surface area contributed by atoms with Gasteiger partial charge in [0.2, 0.25) is 0 Å². The monoisotopic (exact) mass is 481 g/mol. The van der Waals surface area contributed by atoms with E-state index in [9.17, 15) is 22.2 Å². The number of hydrogen-bond acceptors (Lipinski definition) is 5. The van der Waals surface area contributed by atoms with Crippen molar-refractivity contribution in [3.63, 3.8) is 0 Å². The van der Waals surface area contributed by atoms with Gasteiger partial charge in [-0.2, -0.15) is 13.9 Å². The fourth-order valence-corrected chi connectivity index (χ4v) is 4.78. The number of fused-ring (bicyclic) bond motifs is 1. The van der Waals surface area contributed by atoms with E-state index < -0.39 is 22.7 Å². The van der Waals surface area contributed by atoms with Crippen LogP contribution in [0.5, 0.6) is 0 Å². The summed E-state index contributed by atoms with van der Waals surface area (Å²) in [6.45, 7) is 3.59. The number of alkyl halides is 3. The van der Waals surface area contributed by atoms with Crippen LogP contribution in [0.25, 0.3) is 10.9 Å². The molecule has 1 aliphatic rings.